The summed E-state index contributed by atoms with van der Waals surface area (Å²) in [4.78, 5) is 17.0. The minimum Gasteiger partial charge on any atom is -0.493 e. The normalized spacial score (nSPS) is 18.3. The second kappa shape index (κ2) is 9.12. The van der Waals surface area contributed by atoms with Gasteiger partial charge >= 0.3 is 6.03 Å². The van der Waals surface area contributed by atoms with Gasteiger partial charge in [-0.1, -0.05) is 13.0 Å². The van der Waals surface area contributed by atoms with E-state index in [4.69, 9.17) is 9.47 Å². The molecule has 1 aromatic rings. The highest BCUT2D eigenvalue weighted by Crippen LogP contribution is 2.28. The Morgan fingerprint density at radius 1 is 1.19 bits per heavy atom. The number of carbonyl (C=O) groups is 1. The lowest BCUT2D eigenvalue weighted by Gasteiger charge is -2.22. The molecule has 0 atom stereocenters. The molecule has 0 spiro atoms. The van der Waals surface area contributed by atoms with Gasteiger partial charge in [0.1, 0.15) is 0 Å². The Morgan fingerprint density at radius 3 is 2.77 bits per heavy atom. The maximum Gasteiger partial charge on any atom is 0.317 e. The molecule has 26 heavy (non-hydrogen) atoms. The predicted molar refractivity (Wildman–Crippen MR) is 102 cm³/mol. The summed E-state index contributed by atoms with van der Waals surface area (Å²) in [5.74, 6) is 1.46. The number of benzene rings is 1. The summed E-state index contributed by atoms with van der Waals surface area (Å²) in [7, 11) is 1.64. The minimum absolute atomic E-state index is 0.0212. The van der Waals surface area contributed by atoms with Gasteiger partial charge in [0.25, 0.3) is 0 Å². The van der Waals surface area contributed by atoms with E-state index in [9.17, 15) is 4.79 Å². The number of urea groups is 1. The number of nitrogens with zero attached hydrogens (tertiary/aromatic N) is 2. The largest absolute Gasteiger partial charge is 0.493 e. The summed E-state index contributed by atoms with van der Waals surface area (Å²) in [6.45, 7) is 6.99. The fraction of sp³-hybridized carbons (Fsp3) is 0.650. The van der Waals surface area contributed by atoms with Gasteiger partial charge in [-0.25, -0.2) is 4.79 Å². The van der Waals surface area contributed by atoms with Crippen LogP contribution in [0, 0.1) is 0 Å². The van der Waals surface area contributed by atoms with Crippen molar-refractivity contribution < 1.29 is 14.3 Å². The molecule has 1 aliphatic heterocycles. The molecule has 6 heteroatoms. The van der Waals surface area contributed by atoms with Crippen molar-refractivity contribution in [2.45, 2.75) is 45.2 Å². The van der Waals surface area contributed by atoms with Gasteiger partial charge < -0.3 is 19.7 Å². The van der Waals surface area contributed by atoms with Crippen molar-refractivity contribution in [2.24, 2.45) is 0 Å². The molecule has 2 amide bonds. The topological polar surface area (TPSA) is 54.0 Å². The molecule has 1 heterocycles. The van der Waals surface area contributed by atoms with Crippen LogP contribution in [0.4, 0.5) is 4.79 Å². The molecule has 1 N–H and O–H groups in total. The first-order chi connectivity index (χ1) is 12.7. The number of hydrogen-bond donors (Lipinski definition) is 1. The number of carbonyl (C=O) groups excluding carboxylic acids is 1. The lowest BCUT2D eigenvalue weighted by Crippen LogP contribution is -2.41. The van der Waals surface area contributed by atoms with Crippen molar-refractivity contribution in [3.8, 4) is 11.5 Å². The van der Waals surface area contributed by atoms with Crippen LogP contribution in [-0.2, 0) is 6.54 Å². The van der Waals surface area contributed by atoms with Crippen LogP contribution < -0.4 is 14.8 Å². The molecule has 0 bridgehead atoms. The van der Waals surface area contributed by atoms with Crippen molar-refractivity contribution in [3.63, 3.8) is 0 Å². The summed E-state index contributed by atoms with van der Waals surface area (Å²) < 4.78 is 11.1. The van der Waals surface area contributed by atoms with E-state index in [1.54, 1.807) is 7.11 Å². The highest BCUT2D eigenvalue weighted by Gasteiger charge is 2.30. The van der Waals surface area contributed by atoms with Crippen molar-refractivity contribution in [1.29, 1.82) is 0 Å². The molecule has 1 aliphatic carbocycles. The van der Waals surface area contributed by atoms with E-state index in [1.165, 1.54) is 12.8 Å². The van der Waals surface area contributed by atoms with E-state index in [1.807, 2.05) is 23.1 Å². The molecule has 1 saturated carbocycles. The minimum atomic E-state index is 0.0212. The van der Waals surface area contributed by atoms with Gasteiger partial charge in [0.15, 0.2) is 11.5 Å². The summed E-state index contributed by atoms with van der Waals surface area (Å²) in [5.41, 5.74) is 1.01. The number of methoxy groups -OCH3 is 1. The molecule has 0 unspecified atom stereocenters. The van der Waals surface area contributed by atoms with E-state index in [2.05, 4.69) is 17.1 Å². The summed E-state index contributed by atoms with van der Waals surface area (Å²) in [6, 6.07) is 6.62. The van der Waals surface area contributed by atoms with E-state index in [0.717, 1.165) is 56.4 Å². The van der Waals surface area contributed by atoms with Gasteiger partial charge in [0.2, 0.25) is 0 Å². The zero-order chi connectivity index (χ0) is 18.4. The third-order valence-corrected chi connectivity index (χ3v) is 5.01. The van der Waals surface area contributed by atoms with E-state index >= 15 is 0 Å². The average Bonchev–Trinajstić information content (AvgIpc) is 3.50. The van der Waals surface area contributed by atoms with Crippen molar-refractivity contribution in [3.05, 3.63) is 23.8 Å². The predicted octanol–water partition coefficient (Wildman–Crippen LogP) is 2.86. The van der Waals surface area contributed by atoms with Crippen LogP contribution in [-0.4, -0.2) is 61.8 Å². The summed E-state index contributed by atoms with van der Waals surface area (Å²) in [5, 5.41) is 3.04. The van der Waals surface area contributed by atoms with Gasteiger partial charge in [-0.15, -0.1) is 0 Å². The summed E-state index contributed by atoms with van der Waals surface area (Å²) in [6.07, 6.45) is 4.66. The smallest absolute Gasteiger partial charge is 0.317 e. The average molecular weight is 361 g/mol. The SMILES string of the molecule is CCCOc1ccc(CNC(=O)N2CCCN(C3CC3)CC2)cc1OC. The molecule has 6 nitrogen and oxygen atoms in total. The first-order valence-corrected chi connectivity index (χ1v) is 9.77. The fourth-order valence-electron chi connectivity index (χ4n) is 3.39. The van der Waals surface area contributed by atoms with Crippen LogP contribution >= 0.6 is 0 Å². The van der Waals surface area contributed by atoms with Crippen molar-refractivity contribution >= 4 is 6.03 Å². The Balaban J connectivity index is 1.50. The number of amides is 2. The Hall–Kier alpha value is -1.95. The first-order valence-electron chi connectivity index (χ1n) is 9.77. The fourth-order valence-corrected chi connectivity index (χ4v) is 3.39. The number of nitrogens with one attached hydrogen (secondary N) is 1. The van der Waals surface area contributed by atoms with E-state index in [-0.39, 0.29) is 6.03 Å². The van der Waals surface area contributed by atoms with Crippen LogP contribution in [0.1, 0.15) is 38.2 Å². The van der Waals surface area contributed by atoms with Gasteiger partial charge in [-0.2, -0.15) is 0 Å². The van der Waals surface area contributed by atoms with Crippen LogP contribution in [0.5, 0.6) is 11.5 Å². The maximum atomic E-state index is 12.5. The lowest BCUT2D eigenvalue weighted by molar-refractivity contribution is 0.197. The van der Waals surface area contributed by atoms with E-state index < -0.39 is 0 Å². The second-order valence-electron chi connectivity index (χ2n) is 7.10. The molecule has 0 aromatic heterocycles. The van der Waals surface area contributed by atoms with Gasteiger partial charge in [0.05, 0.1) is 13.7 Å². The molecule has 0 radical (unpaired) electrons. The first kappa shape index (κ1) is 18.8. The summed E-state index contributed by atoms with van der Waals surface area (Å²) >= 11 is 0. The maximum absolute atomic E-state index is 12.5. The van der Waals surface area contributed by atoms with E-state index in [0.29, 0.717) is 18.9 Å². The van der Waals surface area contributed by atoms with Crippen molar-refractivity contribution in [1.82, 2.24) is 15.1 Å². The zero-order valence-electron chi connectivity index (χ0n) is 16.0. The quantitative estimate of drug-likeness (QED) is 0.811. The molecule has 144 valence electrons. The third-order valence-electron chi connectivity index (χ3n) is 5.01. The zero-order valence-corrected chi connectivity index (χ0v) is 16.0. The van der Waals surface area contributed by atoms with Crippen LogP contribution in [0.3, 0.4) is 0 Å². The van der Waals surface area contributed by atoms with Crippen molar-refractivity contribution in [2.75, 3.05) is 39.9 Å². The van der Waals surface area contributed by atoms with Crippen LogP contribution in [0.25, 0.3) is 0 Å². The number of rotatable bonds is 7. The Labute approximate surface area is 156 Å². The second-order valence-corrected chi connectivity index (χ2v) is 7.10. The number of hydrogen-bond acceptors (Lipinski definition) is 4. The highest BCUT2D eigenvalue weighted by molar-refractivity contribution is 5.74. The monoisotopic (exact) mass is 361 g/mol. The third kappa shape index (κ3) is 5.04. The molecule has 2 fully saturated rings. The van der Waals surface area contributed by atoms with Gasteiger partial charge in [-0.3, -0.25) is 4.90 Å². The van der Waals surface area contributed by atoms with Crippen LogP contribution in [0.2, 0.25) is 0 Å². The Kier molecular flexibility index (Phi) is 6.61. The molecule has 1 aromatic carbocycles. The Bertz CT molecular complexity index is 604. The Morgan fingerprint density at radius 2 is 2.04 bits per heavy atom. The number of ether oxygens (including phenoxy) is 2. The highest BCUT2D eigenvalue weighted by atomic mass is 16.5. The molecule has 2 aliphatic rings. The molecular weight excluding hydrogens is 330 g/mol. The molecular formula is C20H31N3O3. The lowest BCUT2D eigenvalue weighted by atomic mass is 10.2. The molecule has 3 rings (SSSR count). The van der Waals surface area contributed by atoms with Crippen LogP contribution in [0.15, 0.2) is 18.2 Å². The van der Waals surface area contributed by atoms with Gasteiger partial charge in [0, 0.05) is 38.8 Å². The van der Waals surface area contributed by atoms with Gasteiger partial charge in [-0.05, 0) is 43.4 Å². The standard InChI is InChI=1S/C20H31N3O3/c1-3-13-26-18-8-5-16(14-19(18)25-2)15-21-20(24)23-10-4-9-22(11-12-23)17-6-7-17/h5,8,14,17H,3-4,6-7,9-13,15H2,1-2H3,(H,21,24). The molecule has 1 saturated heterocycles.